The number of ether oxygens (including phenoxy) is 4. The Kier molecular flexibility index (Phi) is 13.4. The van der Waals surface area contributed by atoms with Crippen molar-refractivity contribution in [3.8, 4) is 5.75 Å². The third kappa shape index (κ3) is 8.36. The van der Waals surface area contributed by atoms with Gasteiger partial charge >= 0.3 is 365 Å². The molecule has 0 bridgehead atoms. The number of likely N-dealkylation sites (tertiary alicyclic amines) is 1. The second-order valence-electron chi connectivity index (χ2n) is 16.1. The first-order valence-electron chi connectivity index (χ1n) is 20.9. The fourth-order valence-corrected chi connectivity index (χ4v) is 15.0. The number of amides is 1. The van der Waals surface area contributed by atoms with Crippen molar-refractivity contribution in [1.82, 2.24) is 4.90 Å². The number of nitrogens with zero attached hydrogens (tertiary/aromatic N) is 3. The Morgan fingerprint density at radius 3 is 1.56 bits per heavy atom. The number of hydrogen-bond acceptors (Lipinski definition) is 12. The summed E-state index contributed by atoms with van der Waals surface area (Å²) >= 11 is 0. The van der Waals surface area contributed by atoms with Crippen LogP contribution in [0.4, 0.5) is 21.0 Å². The molecule has 1 heterocycles. The summed E-state index contributed by atoms with van der Waals surface area (Å²) in [6.45, 7) is -2.72. The molecule has 6 aromatic carbocycles. The van der Waals surface area contributed by atoms with E-state index in [4.69, 9.17) is 18.9 Å². The van der Waals surface area contributed by atoms with Gasteiger partial charge in [-0.05, 0) is 0 Å². The Labute approximate surface area is 380 Å². The molecule has 0 aliphatic carbocycles. The average molecular weight is 912 g/mol. The quantitative estimate of drug-likeness (QED) is 0.0199. The molecule has 0 radical (unpaired) electrons. The standard InChI is InChI=1S/C50H46N3O12P/c1-35(65-48(56)63-32-37-17-13-15-25-43(37)52(58)59)46-47(55)51(50(46,2)31-45(54)36-27-29-39(62-3)30-28-36)34-66(40-19-7-4-8-20-40,41-21-9-5-10-22-41,42-23-11-6-12-24-42)49(57)64-33-38-18-14-16-26-44(38)53(60)61/h4-30,35,46H,31-34H2,1-3H3/t35-,46+,50-/m1/s1. The summed E-state index contributed by atoms with van der Waals surface area (Å²) in [4.78, 5) is 83.2. The normalized spacial score (nSPS) is 16.7. The van der Waals surface area contributed by atoms with Crippen LogP contribution >= 0.6 is 6.60 Å². The van der Waals surface area contributed by atoms with E-state index in [1.165, 1.54) is 55.3 Å². The zero-order valence-electron chi connectivity index (χ0n) is 36.3. The van der Waals surface area contributed by atoms with Crippen molar-refractivity contribution in [1.29, 1.82) is 0 Å². The van der Waals surface area contributed by atoms with Crippen LogP contribution in [0.5, 0.6) is 5.75 Å². The maximum atomic E-state index is 16.1. The third-order valence-corrected chi connectivity index (χ3v) is 18.5. The van der Waals surface area contributed by atoms with Crippen LogP contribution in [0.1, 0.15) is 41.8 Å². The van der Waals surface area contributed by atoms with Gasteiger partial charge in [0.15, 0.2) is 0 Å². The number of β-lactam (4-membered cyclic amide) rings is 1. The third-order valence-electron chi connectivity index (χ3n) is 12.4. The van der Waals surface area contributed by atoms with Gasteiger partial charge in [0.25, 0.3) is 0 Å². The maximum absolute atomic E-state index is 16.1. The van der Waals surface area contributed by atoms with E-state index in [0.29, 0.717) is 27.2 Å². The van der Waals surface area contributed by atoms with E-state index >= 15 is 9.59 Å². The number of methoxy groups -OCH3 is 1. The van der Waals surface area contributed by atoms with Crippen molar-refractivity contribution in [2.24, 2.45) is 5.92 Å². The van der Waals surface area contributed by atoms with Crippen molar-refractivity contribution in [2.45, 2.75) is 45.1 Å². The Morgan fingerprint density at radius 1 is 0.667 bits per heavy atom. The van der Waals surface area contributed by atoms with Gasteiger partial charge in [0.2, 0.25) is 0 Å². The van der Waals surface area contributed by atoms with Crippen LogP contribution in [-0.4, -0.2) is 63.3 Å². The molecule has 1 amide bonds. The van der Waals surface area contributed by atoms with E-state index in [0.717, 1.165) is 0 Å². The zero-order valence-corrected chi connectivity index (χ0v) is 37.2. The Bertz CT molecular complexity index is 2680. The van der Waals surface area contributed by atoms with Crippen molar-refractivity contribution in [2.75, 3.05) is 13.4 Å². The molecule has 338 valence electrons. The van der Waals surface area contributed by atoms with Gasteiger partial charge in [0.1, 0.15) is 0 Å². The first-order chi connectivity index (χ1) is 31.7. The second-order valence-corrected chi connectivity index (χ2v) is 20.9. The summed E-state index contributed by atoms with van der Waals surface area (Å²) in [7, 11) is 1.50. The number of carbonyl (C=O) groups excluding carboxylic acids is 4. The number of benzene rings is 6. The first kappa shape index (κ1) is 46.2. The van der Waals surface area contributed by atoms with Gasteiger partial charge in [-0.15, -0.1) is 0 Å². The molecule has 16 heteroatoms. The molecule has 7 rings (SSSR count). The van der Waals surface area contributed by atoms with Gasteiger partial charge in [0, 0.05) is 0 Å². The van der Waals surface area contributed by atoms with Crippen LogP contribution in [0.2, 0.25) is 0 Å². The van der Waals surface area contributed by atoms with E-state index in [1.54, 1.807) is 134 Å². The van der Waals surface area contributed by atoms with Crippen LogP contribution in [0, 0.1) is 26.1 Å². The van der Waals surface area contributed by atoms with Crippen LogP contribution < -0.4 is 20.7 Å². The van der Waals surface area contributed by atoms with Crippen molar-refractivity contribution < 1.29 is 48.0 Å². The molecule has 1 aliphatic heterocycles. The number of ketones is 1. The fourth-order valence-electron chi connectivity index (χ4n) is 9.05. The van der Waals surface area contributed by atoms with Gasteiger partial charge in [-0.1, -0.05) is 6.07 Å². The molecule has 1 aliphatic rings. The topological polar surface area (TPSA) is 195 Å². The van der Waals surface area contributed by atoms with E-state index < -0.39 is 65.0 Å². The zero-order chi connectivity index (χ0) is 47.1. The molecule has 0 spiro atoms. The molecule has 6 aromatic rings. The summed E-state index contributed by atoms with van der Waals surface area (Å²) in [6.07, 6.45) is -3.06. The molecule has 0 aromatic heterocycles. The van der Waals surface area contributed by atoms with Crippen molar-refractivity contribution in [3.05, 3.63) is 201 Å². The molecule has 1 saturated heterocycles. The summed E-state index contributed by atoms with van der Waals surface area (Å²) in [5.74, 6) is -1.58. The molecule has 0 unspecified atom stereocenters. The van der Waals surface area contributed by atoms with Crippen LogP contribution in [0.15, 0.2) is 164 Å². The molecular formula is C50H46N3O12P. The predicted octanol–water partition coefficient (Wildman–Crippen LogP) is 8.87. The SMILES string of the molecule is COc1ccc(C(=O)C[C@]2(C)[C@@H]([C@@H](C)OC(=O)OCc3ccccc3[N+](=O)[O-])C(=O)N2CP(C(=O)OCc2ccccc2[N+](=O)[O-])(c2ccccc2)(c2ccccc2)c2ccccc2)cc1. The van der Waals surface area contributed by atoms with E-state index in [9.17, 15) is 29.8 Å². The minimum atomic E-state index is -4.94. The number of nitro benzene ring substituents is 2. The average Bonchev–Trinajstić information content (AvgIpc) is 3.34. The summed E-state index contributed by atoms with van der Waals surface area (Å²) < 4.78 is 22.8. The molecule has 0 saturated carbocycles. The molecule has 1 fully saturated rings. The molecule has 0 N–H and O–H groups in total. The number of hydrogen-bond donors (Lipinski definition) is 0. The summed E-state index contributed by atoms with van der Waals surface area (Å²) in [6, 6.07) is 45.0. The first-order valence-corrected chi connectivity index (χ1v) is 23.3. The Hall–Kier alpha value is -7.77. The molecule has 15 nitrogen and oxygen atoms in total. The van der Waals surface area contributed by atoms with Crippen LogP contribution in [-0.2, 0) is 32.2 Å². The number of carbonyl (C=O) groups is 4. The molecular weight excluding hydrogens is 866 g/mol. The number of rotatable bonds is 18. The Morgan fingerprint density at radius 2 is 1.11 bits per heavy atom. The van der Waals surface area contributed by atoms with Gasteiger partial charge in [-0.3, -0.25) is 10.1 Å². The van der Waals surface area contributed by atoms with Crippen molar-refractivity contribution >= 4 is 57.4 Å². The minimum absolute atomic E-state index is 0.121. The predicted molar refractivity (Wildman–Crippen MR) is 248 cm³/mol. The van der Waals surface area contributed by atoms with Gasteiger partial charge in [-0.25, -0.2) is 0 Å². The van der Waals surface area contributed by atoms with Gasteiger partial charge in [0.05, 0.1) is 0 Å². The molecule has 3 atom stereocenters. The van der Waals surface area contributed by atoms with Gasteiger partial charge < -0.3 is 0 Å². The molecule has 66 heavy (non-hydrogen) atoms. The summed E-state index contributed by atoms with van der Waals surface area (Å²) in [5.41, 5.74) is -2.14. The van der Waals surface area contributed by atoms with Crippen LogP contribution in [0.3, 0.4) is 0 Å². The van der Waals surface area contributed by atoms with Crippen molar-refractivity contribution in [3.63, 3.8) is 0 Å². The number of nitro groups is 2. The second kappa shape index (κ2) is 19.1. The number of Topliss-reactive ketones (excluding diaryl/α,β-unsaturated/α-hetero) is 1. The summed E-state index contributed by atoms with van der Waals surface area (Å²) in [5, 5.41) is 25.3. The van der Waals surface area contributed by atoms with Crippen LogP contribution in [0.25, 0.3) is 0 Å². The van der Waals surface area contributed by atoms with E-state index in [-0.39, 0.29) is 41.0 Å². The number of para-hydroxylation sites is 2. The van der Waals surface area contributed by atoms with E-state index in [1.807, 2.05) is 0 Å². The Balaban J connectivity index is 1.37. The monoisotopic (exact) mass is 911 g/mol. The fraction of sp³-hybridized carbons (Fsp3) is 0.200. The van der Waals surface area contributed by atoms with E-state index in [2.05, 4.69) is 0 Å². The van der Waals surface area contributed by atoms with Gasteiger partial charge in [-0.2, -0.15) is 0 Å².